The third-order valence-electron chi connectivity index (χ3n) is 4.15. The topological polar surface area (TPSA) is 66.4 Å². The molecular weight excluding hydrogens is 280 g/mol. The standard InChI is InChI=1S/C15H15F2NO3/c16-10-2-1-3-11(17)12(10)8-6-9(8)14(19)18-13(15(20)21)7-4-5-7/h1-3,7-9,13H,4-6H2,(H,18,19)(H,20,21). The van der Waals surface area contributed by atoms with Crippen molar-refractivity contribution >= 4 is 11.9 Å². The monoisotopic (exact) mass is 295 g/mol. The predicted octanol–water partition coefficient (Wildman–Crippen LogP) is 2.05. The van der Waals surface area contributed by atoms with E-state index in [4.69, 9.17) is 5.11 Å². The van der Waals surface area contributed by atoms with E-state index in [1.807, 2.05) is 0 Å². The molecule has 1 aromatic carbocycles. The first-order chi connectivity index (χ1) is 9.99. The van der Waals surface area contributed by atoms with Crippen LogP contribution in [0.4, 0.5) is 8.78 Å². The Morgan fingerprint density at radius 2 is 1.86 bits per heavy atom. The summed E-state index contributed by atoms with van der Waals surface area (Å²) < 4.78 is 27.3. The highest BCUT2D eigenvalue weighted by Gasteiger charge is 2.48. The molecule has 1 amide bonds. The molecule has 0 heterocycles. The summed E-state index contributed by atoms with van der Waals surface area (Å²) in [6.07, 6.45) is 1.92. The van der Waals surface area contributed by atoms with Crippen LogP contribution in [0, 0.1) is 23.5 Å². The summed E-state index contributed by atoms with van der Waals surface area (Å²) in [6, 6.07) is 2.72. The highest BCUT2D eigenvalue weighted by Crippen LogP contribution is 2.49. The number of hydrogen-bond acceptors (Lipinski definition) is 2. The van der Waals surface area contributed by atoms with Crippen molar-refractivity contribution in [2.75, 3.05) is 0 Å². The van der Waals surface area contributed by atoms with E-state index >= 15 is 0 Å². The Kier molecular flexibility index (Phi) is 3.39. The molecule has 3 rings (SSSR count). The Morgan fingerprint density at radius 3 is 2.38 bits per heavy atom. The van der Waals surface area contributed by atoms with Crippen LogP contribution in [0.1, 0.15) is 30.7 Å². The van der Waals surface area contributed by atoms with Gasteiger partial charge in [0.15, 0.2) is 0 Å². The van der Waals surface area contributed by atoms with Crippen molar-refractivity contribution in [3.8, 4) is 0 Å². The minimum Gasteiger partial charge on any atom is -0.480 e. The van der Waals surface area contributed by atoms with Crippen molar-refractivity contribution in [2.24, 2.45) is 11.8 Å². The van der Waals surface area contributed by atoms with Crippen LogP contribution in [-0.4, -0.2) is 23.0 Å². The lowest BCUT2D eigenvalue weighted by Crippen LogP contribution is -2.43. The summed E-state index contributed by atoms with van der Waals surface area (Å²) in [4.78, 5) is 23.1. The number of carbonyl (C=O) groups is 2. The van der Waals surface area contributed by atoms with Gasteiger partial charge in [-0.1, -0.05) is 6.07 Å². The Morgan fingerprint density at radius 1 is 1.24 bits per heavy atom. The van der Waals surface area contributed by atoms with Crippen LogP contribution in [0.25, 0.3) is 0 Å². The fourth-order valence-electron chi connectivity index (χ4n) is 2.74. The highest BCUT2D eigenvalue weighted by molar-refractivity contribution is 5.88. The molecule has 0 aliphatic heterocycles. The van der Waals surface area contributed by atoms with Crippen LogP contribution in [0.2, 0.25) is 0 Å². The van der Waals surface area contributed by atoms with Gasteiger partial charge >= 0.3 is 5.97 Å². The van der Waals surface area contributed by atoms with Gasteiger partial charge in [-0.3, -0.25) is 4.79 Å². The van der Waals surface area contributed by atoms with E-state index in [0.717, 1.165) is 25.0 Å². The molecule has 2 saturated carbocycles. The van der Waals surface area contributed by atoms with Crippen molar-refractivity contribution in [3.63, 3.8) is 0 Å². The molecule has 21 heavy (non-hydrogen) atoms. The first-order valence-electron chi connectivity index (χ1n) is 6.96. The zero-order valence-corrected chi connectivity index (χ0v) is 11.2. The molecule has 0 radical (unpaired) electrons. The zero-order valence-electron chi connectivity index (χ0n) is 11.2. The number of hydrogen-bond donors (Lipinski definition) is 2. The molecule has 4 nitrogen and oxygen atoms in total. The number of carbonyl (C=O) groups excluding carboxylic acids is 1. The molecule has 0 aromatic heterocycles. The first kappa shape index (κ1) is 14.0. The Bertz CT molecular complexity index is 580. The lowest BCUT2D eigenvalue weighted by atomic mass is 10.1. The number of carboxylic acids is 1. The Hall–Kier alpha value is -1.98. The van der Waals surface area contributed by atoms with Gasteiger partial charge in [-0.15, -0.1) is 0 Å². The first-order valence-corrected chi connectivity index (χ1v) is 6.96. The molecule has 3 unspecified atom stereocenters. The summed E-state index contributed by atoms with van der Waals surface area (Å²) >= 11 is 0. The molecule has 0 spiro atoms. The summed E-state index contributed by atoms with van der Waals surface area (Å²) in [6.45, 7) is 0. The van der Waals surface area contributed by atoms with Crippen molar-refractivity contribution in [3.05, 3.63) is 35.4 Å². The summed E-state index contributed by atoms with van der Waals surface area (Å²) in [7, 11) is 0. The Labute approximate surface area is 120 Å². The molecule has 2 aliphatic carbocycles. The summed E-state index contributed by atoms with van der Waals surface area (Å²) in [5.74, 6) is -3.87. The van der Waals surface area contributed by atoms with E-state index < -0.39 is 41.4 Å². The maximum absolute atomic E-state index is 13.6. The molecule has 0 saturated heterocycles. The predicted molar refractivity (Wildman–Crippen MR) is 69.5 cm³/mol. The normalized spacial score (nSPS) is 25.2. The van der Waals surface area contributed by atoms with E-state index in [1.165, 1.54) is 6.07 Å². The number of carboxylic acid groups (broad SMARTS) is 1. The third kappa shape index (κ3) is 2.75. The van der Waals surface area contributed by atoms with Gasteiger partial charge in [-0.05, 0) is 37.3 Å². The van der Waals surface area contributed by atoms with Crippen LogP contribution in [0.15, 0.2) is 18.2 Å². The van der Waals surface area contributed by atoms with Crippen LogP contribution in [0.5, 0.6) is 0 Å². The van der Waals surface area contributed by atoms with E-state index in [-0.39, 0.29) is 11.5 Å². The average molecular weight is 295 g/mol. The fourth-order valence-corrected chi connectivity index (χ4v) is 2.74. The summed E-state index contributed by atoms with van der Waals surface area (Å²) in [5.41, 5.74) is -0.0732. The van der Waals surface area contributed by atoms with Crippen molar-refractivity contribution in [1.29, 1.82) is 0 Å². The molecule has 2 N–H and O–H groups in total. The molecule has 112 valence electrons. The number of benzene rings is 1. The minimum absolute atomic E-state index is 0.0196. The van der Waals surface area contributed by atoms with E-state index in [2.05, 4.69) is 5.32 Å². The maximum atomic E-state index is 13.6. The third-order valence-corrected chi connectivity index (χ3v) is 4.15. The molecular formula is C15H15F2NO3. The number of halogens is 2. The van der Waals surface area contributed by atoms with E-state index in [9.17, 15) is 18.4 Å². The molecule has 2 fully saturated rings. The van der Waals surface area contributed by atoms with Crippen LogP contribution in [0.3, 0.4) is 0 Å². The van der Waals surface area contributed by atoms with Crippen molar-refractivity contribution in [1.82, 2.24) is 5.32 Å². The van der Waals surface area contributed by atoms with Crippen molar-refractivity contribution in [2.45, 2.75) is 31.2 Å². The molecule has 6 heteroatoms. The van der Waals surface area contributed by atoms with Gasteiger partial charge in [0.25, 0.3) is 0 Å². The van der Waals surface area contributed by atoms with Crippen LogP contribution >= 0.6 is 0 Å². The second-order valence-electron chi connectivity index (χ2n) is 5.75. The van der Waals surface area contributed by atoms with Gasteiger partial charge in [0.1, 0.15) is 17.7 Å². The van der Waals surface area contributed by atoms with Gasteiger partial charge < -0.3 is 10.4 Å². The highest BCUT2D eigenvalue weighted by atomic mass is 19.1. The molecule has 0 bridgehead atoms. The van der Waals surface area contributed by atoms with Crippen LogP contribution < -0.4 is 5.32 Å². The van der Waals surface area contributed by atoms with Crippen LogP contribution in [-0.2, 0) is 9.59 Å². The van der Waals surface area contributed by atoms with E-state index in [1.54, 1.807) is 0 Å². The smallest absolute Gasteiger partial charge is 0.326 e. The second kappa shape index (κ2) is 5.09. The largest absolute Gasteiger partial charge is 0.480 e. The lowest BCUT2D eigenvalue weighted by Gasteiger charge is -2.13. The van der Waals surface area contributed by atoms with Gasteiger partial charge in [0.05, 0.1) is 0 Å². The molecule has 3 atom stereocenters. The maximum Gasteiger partial charge on any atom is 0.326 e. The number of nitrogens with one attached hydrogen (secondary N) is 1. The number of aliphatic carboxylic acids is 1. The minimum atomic E-state index is -1.06. The van der Waals surface area contributed by atoms with Crippen molar-refractivity contribution < 1.29 is 23.5 Å². The Balaban J connectivity index is 1.67. The molecule has 1 aromatic rings. The van der Waals surface area contributed by atoms with Gasteiger partial charge in [-0.25, -0.2) is 13.6 Å². The lowest BCUT2D eigenvalue weighted by molar-refractivity contribution is -0.142. The second-order valence-corrected chi connectivity index (χ2v) is 5.75. The van der Waals surface area contributed by atoms with Gasteiger partial charge in [0, 0.05) is 17.4 Å². The van der Waals surface area contributed by atoms with Gasteiger partial charge in [-0.2, -0.15) is 0 Å². The van der Waals surface area contributed by atoms with E-state index in [0.29, 0.717) is 6.42 Å². The SMILES string of the molecule is O=C(NC(C(=O)O)C1CC1)C1CC1c1c(F)cccc1F. The number of rotatable bonds is 5. The summed E-state index contributed by atoms with van der Waals surface area (Å²) in [5, 5.41) is 11.6. The molecule has 2 aliphatic rings. The zero-order chi connectivity index (χ0) is 15.1. The number of amides is 1. The average Bonchev–Trinajstić information content (AvgIpc) is 3.28. The fraction of sp³-hybridized carbons (Fsp3) is 0.467. The quantitative estimate of drug-likeness (QED) is 0.873. The van der Waals surface area contributed by atoms with Gasteiger partial charge in [0.2, 0.25) is 5.91 Å².